The van der Waals surface area contributed by atoms with Crippen LogP contribution in [0.15, 0.2) is 82.8 Å². The zero-order valence-corrected chi connectivity index (χ0v) is 26.5. The van der Waals surface area contributed by atoms with Crippen LogP contribution in [0.4, 0.5) is 0 Å². The summed E-state index contributed by atoms with van der Waals surface area (Å²) in [7, 11) is 0. The Morgan fingerprint density at radius 3 is 2.24 bits per heavy atom. The number of phenols is 2. The van der Waals surface area contributed by atoms with Crippen molar-refractivity contribution in [1.29, 1.82) is 0 Å². The number of aliphatic imine (C=N–C) groups is 1. The van der Waals surface area contributed by atoms with Crippen molar-refractivity contribution in [2.24, 2.45) is 10.7 Å². The third-order valence-electron chi connectivity index (χ3n) is 6.26. The second-order valence-corrected chi connectivity index (χ2v) is 9.64. The van der Waals surface area contributed by atoms with Gasteiger partial charge in [-0.2, -0.15) is 0 Å². The Labute approximate surface area is 251 Å². The van der Waals surface area contributed by atoms with Gasteiger partial charge in [0, 0.05) is 47.9 Å². The molecule has 8 nitrogen and oxygen atoms in total. The number of carbonyl (C=O) groups is 1. The number of benzene rings is 2. The second-order valence-electron chi connectivity index (χ2n) is 9.64. The molecule has 1 unspecified atom stereocenters. The zero-order chi connectivity index (χ0) is 32.1. The van der Waals surface area contributed by atoms with Crippen molar-refractivity contribution in [2.75, 3.05) is 0 Å². The van der Waals surface area contributed by atoms with Crippen molar-refractivity contribution >= 4 is 11.8 Å². The number of nitrogens with one attached hydrogen (secondary N) is 1. The Kier molecular flexibility index (Phi) is 14.5. The molecule has 0 aliphatic carbocycles. The average molecular weight is 577 g/mol. The predicted octanol–water partition coefficient (Wildman–Crippen LogP) is 7.06. The molecule has 3 heterocycles. The van der Waals surface area contributed by atoms with E-state index in [4.69, 9.17) is 15.9 Å². The molecule has 3 aliphatic rings. The summed E-state index contributed by atoms with van der Waals surface area (Å²) >= 11 is 0. The number of rotatable bonds is 2. The summed E-state index contributed by atoms with van der Waals surface area (Å²) < 4.78 is 0. The minimum absolute atomic E-state index is 0.0208. The topological polar surface area (TPSA) is 131 Å². The maximum absolute atomic E-state index is 10.6. The molecular weight excluding hydrogens is 528 g/mol. The summed E-state index contributed by atoms with van der Waals surface area (Å²) in [5, 5.41) is 30.2. The molecule has 228 valence electrons. The van der Waals surface area contributed by atoms with Crippen molar-refractivity contribution in [2.45, 2.75) is 81.4 Å². The number of amidine groups is 1. The van der Waals surface area contributed by atoms with E-state index in [0.717, 1.165) is 51.6 Å². The lowest BCUT2D eigenvalue weighted by Gasteiger charge is -2.32. The molecule has 0 aromatic heterocycles. The molecule has 0 radical (unpaired) electrons. The van der Waals surface area contributed by atoms with Gasteiger partial charge in [-0.15, -0.1) is 0 Å². The largest absolute Gasteiger partial charge is 0.504 e. The number of fused-ring (bicyclic) bond motifs is 2. The summed E-state index contributed by atoms with van der Waals surface area (Å²) in [4.78, 5) is 17.1. The lowest BCUT2D eigenvalue weighted by molar-refractivity contribution is 0.0696. The summed E-state index contributed by atoms with van der Waals surface area (Å²) in [6.07, 6.45) is 6.10. The highest BCUT2D eigenvalue weighted by molar-refractivity contribution is 6.04. The monoisotopic (exact) mass is 576 g/mol. The van der Waals surface area contributed by atoms with Crippen LogP contribution in [0, 0.1) is 13.8 Å². The van der Waals surface area contributed by atoms with Gasteiger partial charge in [0.1, 0.15) is 5.84 Å². The van der Waals surface area contributed by atoms with Crippen LogP contribution in [-0.4, -0.2) is 38.1 Å². The minimum atomic E-state index is -0.855. The highest BCUT2D eigenvalue weighted by atomic mass is 16.4. The smallest absolute Gasteiger partial charge is 0.335 e. The van der Waals surface area contributed by atoms with E-state index < -0.39 is 5.97 Å². The molecule has 6 N–H and O–H groups in total. The third-order valence-corrected chi connectivity index (χ3v) is 6.26. The Morgan fingerprint density at radius 1 is 1.02 bits per heavy atom. The van der Waals surface area contributed by atoms with Crippen LogP contribution in [0.5, 0.6) is 11.5 Å². The number of phenolic OH excluding ortho intramolecular Hbond substituents is 2. The quantitative estimate of drug-likeness (QED) is 0.242. The molecule has 0 saturated heterocycles. The fourth-order valence-electron chi connectivity index (χ4n) is 4.25. The van der Waals surface area contributed by atoms with Gasteiger partial charge in [0.25, 0.3) is 0 Å². The number of aromatic carboxylic acids is 1. The number of aryl methyl sites for hydroxylation is 2. The molecule has 1 atom stereocenters. The third kappa shape index (κ3) is 9.46. The summed E-state index contributed by atoms with van der Waals surface area (Å²) in [5.74, 6) is 0.0387. The first-order chi connectivity index (χ1) is 19.9. The molecular formula is C34H48N4O4. The van der Waals surface area contributed by atoms with E-state index in [2.05, 4.69) is 29.9 Å². The van der Waals surface area contributed by atoms with Gasteiger partial charge < -0.3 is 31.3 Å². The highest BCUT2D eigenvalue weighted by Crippen LogP contribution is 2.33. The van der Waals surface area contributed by atoms with Gasteiger partial charge in [-0.25, -0.2) is 9.79 Å². The molecule has 0 saturated carbocycles. The first-order valence-corrected chi connectivity index (χ1v) is 14.3. The van der Waals surface area contributed by atoms with Gasteiger partial charge in [0.15, 0.2) is 11.5 Å². The van der Waals surface area contributed by atoms with Crippen LogP contribution in [0.3, 0.4) is 0 Å². The zero-order valence-electron chi connectivity index (χ0n) is 26.5. The number of aromatic hydroxyl groups is 2. The van der Waals surface area contributed by atoms with Crippen molar-refractivity contribution in [3.05, 3.63) is 106 Å². The van der Waals surface area contributed by atoms with E-state index in [-0.39, 0.29) is 17.5 Å². The average Bonchev–Trinajstić information content (AvgIpc) is 3.45. The Balaban J connectivity index is 0.000000304. The Bertz CT molecular complexity index is 1380. The van der Waals surface area contributed by atoms with Gasteiger partial charge in [0.05, 0.1) is 5.56 Å². The van der Waals surface area contributed by atoms with E-state index >= 15 is 0 Å². The van der Waals surface area contributed by atoms with Gasteiger partial charge in [-0.05, 0) is 75.6 Å². The fraction of sp³-hybridized carbons (Fsp3) is 0.353. The lowest BCUT2D eigenvalue weighted by atomic mass is 10.00. The molecule has 0 fully saturated rings. The first-order valence-electron chi connectivity index (χ1n) is 14.3. The summed E-state index contributed by atoms with van der Waals surface area (Å²) in [6.45, 7) is 23.1. The van der Waals surface area contributed by atoms with Gasteiger partial charge in [0.2, 0.25) is 0 Å². The fourth-order valence-corrected chi connectivity index (χ4v) is 4.25. The summed E-state index contributed by atoms with van der Waals surface area (Å²) in [6, 6.07) is 8.72. The molecule has 8 heteroatoms. The first kappa shape index (κ1) is 35.9. The molecule has 0 amide bonds. The molecule has 0 spiro atoms. The molecule has 2 aromatic rings. The number of nitrogens with zero attached hydrogens (tertiary/aromatic N) is 2. The van der Waals surface area contributed by atoms with Gasteiger partial charge in [-0.1, -0.05) is 58.0 Å². The highest BCUT2D eigenvalue weighted by Gasteiger charge is 2.25. The molecule has 2 aromatic carbocycles. The number of carboxylic acids is 1. The number of hydrogen-bond acceptors (Lipinski definition) is 7. The van der Waals surface area contributed by atoms with E-state index in [0.29, 0.717) is 12.1 Å². The van der Waals surface area contributed by atoms with Gasteiger partial charge >= 0.3 is 5.97 Å². The molecule has 42 heavy (non-hydrogen) atoms. The number of nitrogens with two attached hydrogens (primary N) is 1. The van der Waals surface area contributed by atoms with Crippen LogP contribution in [0.25, 0.3) is 0 Å². The van der Waals surface area contributed by atoms with Crippen LogP contribution in [-0.2, 0) is 13.1 Å². The minimum Gasteiger partial charge on any atom is -0.504 e. The molecule has 5 rings (SSSR count). The van der Waals surface area contributed by atoms with E-state index in [1.807, 2.05) is 83.8 Å². The van der Waals surface area contributed by atoms with Crippen molar-refractivity contribution in [1.82, 2.24) is 10.2 Å². The maximum Gasteiger partial charge on any atom is 0.335 e. The van der Waals surface area contributed by atoms with Crippen LogP contribution in [0.1, 0.15) is 81.1 Å². The van der Waals surface area contributed by atoms with Gasteiger partial charge in [-0.3, -0.25) is 0 Å². The van der Waals surface area contributed by atoms with Crippen molar-refractivity contribution in [3.63, 3.8) is 0 Å². The normalized spacial score (nSPS) is 15.0. The van der Waals surface area contributed by atoms with Crippen LogP contribution in [0.2, 0.25) is 0 Å². The Morgan fingerprint density at radius 2 is 1.67 bits per heavy atom. The molecule has 0 bridgehead atoms. The van der Waals surface area contributed by atoms with E-state index in [9.17, 15) is 9.90 Å². The second kappa shape index (κ2) is 17.0. The lowest BCUT2D eigenvalue weighted by Crippen LogP contribution is -2.37. The van der Waals surface area contributed by atoms with Crippen molar-refractivity contribution in [3.8, 4) is 11.5 Å². The standard InChI is InChI=1S/C13H17N3.C9H10O2.C8H9NO2.2C2H6/c1-8-5-12(11(4)14)13-15-9(2)6-10(3)16(13)7-8;1-6-3-4-7(2)8(5-6)9(10)11;10-7-2-1-5-3-9-4-6(5)8(7)11;2*1-2/h5-7,11H,3,14H2,1-2,4H3;3-5H,1-2H3,(H,10,11);1-2,9-11H,3-4H2;2*1-2H3. The maximum atomic E-state index is 10.6. The van der Waals surface area contributed by atoms with Crippen molar-refractivity contribution < 1.29 is 20.1 Å². The molecule has 3 aliphatic heterocycles. The predicted molar refractivity (Wildman–Crippen MR) is 174 cm³/mol. The number of carboxylic acid groups (broad SMARTS) is 1. The number of hydrogen-bond donors (Lipinski definition) is 5. The number of allylic oxidation sites excluding steroid dienone is 4. The van der Waals surface area contributed by atoms with Crippen LogP contribution < -0.4 is 11.1 Å². The SMILES string of the molecule is C=C1C=C(C)N=C2C(C(C)N)=CC(C)=CN12.CC.CC.Cc1ccc(C)c(C(=O)O)c1.Oc1ccc2c(c1O)CNC2. The summed E-state index contributed by atoms with van der Waals surface area (Å²) in [5.41, 5.74) is 14.2. The van der Waals surface area contributed by atoms with E-state index in [1.165, 1.54) is 11.6 Å². The van der Waals surface area contributed by atoms with E-state index in [1.54, 1.807) is 13.0 Å². The Hall–Kier alpha value is -4.14. The van der Waals surface area contributed by atoms with Crippen LogP contribution >= 0.6 is 0 Å².